The van der Waals surface area contributed by atoms with Crippen molar-refractivity contribution < 1.29 is 9.84 Å². The first-order valence-electron chi connectivity index (χ1n) is 6.60. The van der Waals surface area contributed by atoms with Gasteiger partial charge in [0.15, 0.2) is 0 Å². The third-order valence-corrected chi connectivity index (χ3v) is 4.89. The van der Waals surface area contributed by atoms with E-state index in [0.717, 1.165) is 38.4 Å². The fraction of sp³-hybridized carbons (Fsp3) is 1.00. The number of aliphatic hydroxyl groups is 1. The van der Waals surface area contributed by atoms with E-state index in [1.165, 1.54) is 19.3 Å². The van der Waals surface area contributed by atoms with E-state index in [0.29, 0.717) is 6.54 Å². The molecule has 0 amide bonds. The fourth-order valence-electron chi connectivity index (χ4n) is 3.20. The molecule has 0 radical (unpaired) electrons. The van der Waals surface area contributed by atoms with Crippen LogP contribution in [-0.2, 0) is 4.74 Å². The van der Waals surface area contributed by atoms with Gasteiger partial charge in [0.05, 0.1) is 5.60 Å². The molecule has 16 heavy (non-hydrogen) atoms. The summed E-state index contributed by atoms with van der Waals surface area (Å²) in [5, 5.41) is 10.8. The van der Waals surface area contributed by atoms with Crippen molar-refractivity contribution in [2.45, 2.75) is 51.0 Å². The van der Waals surface area contributed by atoms with Crippen molar-refractivity contribution in [3.63, 3.8) is 0 Å². The van der Waals surface area contributed by atoms with Crippen LogP contribution in [0.3, 0.4) is 0 Å². The highest BCUT2D eigenvalue weighted by atomic mass is 16.5. The molecule has 1 saturated carbocycles. The van der Waals surface area contributed by atoms with E-state index in [-0.39, 0.29) is 5.41 Å². The predicted octanol–water partition coefficient (Wildman–Crippen LogP) is 1.68. The molecule has 0 aromatic heterocycles. The van der Waals surface area contributed by atoms with E-state index in [1.54, 1.807) is 0 Å². The Bertz CT molecular complexity index is 230. The summed E-state index contributed by atoms with van der Waals surface area (Å²) in [4.78, 5) is 0. The van der Waals surface area contributed by atoms with E-state index in [2.05, 4.69) is 0 Å². The van der Waals surface area contributed by atoms with Gasteiger partial charge in [-0.2, -0.15) is 0 Å². The van der Waals surface area contributed by atoms with Crippen molar-refractivity contribution in [3.05, 3.63) is 0 Å². The van der Waals surface area contributed by atoms with Crippen LogP contribution in [0.25, 0.3) is 0 Å². The molecular weight excluding hydrogens is 202 g/mol. The summed E-state index contributed by atoms with van der Waals surface area (Å²) in [5.41, 5.74) is 5.22. The highest BCUT2D eigenvalue weighted by Gasteiger charge is 2.48. The largest absolute Gasteiger partial charge is 0.390 e. The third-order valence-electron chi connectivity index (χ3n) is 4.89. The molecule has 0 aromatic rings. The molecule has 94 valence electrons. The Hall–Kier alpha value is -0.120. The van der Waals surface area contributed by atoms with Crippen LogP contribution < -0.4 is 5.73 Å². The highest BCUT2D eigenvalue weighted by Crippen LogP contribution is 2.46. The van der Waals surface area contributed by atoms with Crippen LogP contribution in [0.15, 0.2) is 0 Å². The summed E-state index contributed by atoms with van der Waals surface area (Å²) in [7, 11) is 0. The molecule has 2 rings (SSSR count). The zero-order valence-corrected chi connectivity index (χ0v) is 10.4. The molecule has 1 heterocycles. The lowest BCUT2D eigenvalue weighted by Gasteiger charge is -2.49. The molecule has 3 nitrogen and oxygen atoms in total. The maximum atomic E-state index is 10.8. The molecule has 1 aliphatic heterocycles. The minimum Gasteiger partial charge on any atom is -0.390 e. The van der Waals surface area contributed by atoms with Crippen molar-refractivity contribution in [1.29, 1.82) is 0 Å². The van der Waals surface area contributed by atoms with Crippen molar-refractivity contribution >= 4 is 0 Å². The average molecular weight is 227 g/mol. The van der Waals surface area contributed by atoms with Gasteiger partial charge in [0.2, 0.25) is 0 Å². The minimum atomic E-state index is -0.614. The van der Waals surface area contributed by atoms with Crippen LogP contribution in [0, 0.1) is 11.3 Å². The number of hydrogen-bond acceptors (Lipinski definition) is 3. The zero-order valence-electron chi connectivity index (χ0n) is 10.4. The van der Waals surface area contributed by atoms with E-state index >= 15 is 0 Å². The van der Waals surface area contributed by atoms with Crippen LogP contribution >= 0.6 is 0 Å². The van der Waals surface area contributed by atoms with E-state index in [4.69, 9.17) is 10.5 Å². The van der Waals surface area contributed by atoms with E-state index in [1.807, 2.05) is 6.92 Å². The molecular formula is C13H25NO2. The first kappa shape index (κ1) is 12.3. The number of hydrogen-bond donors (Lipinski definition) is 2. The lowest BCUT2D eigenvalue weighted by atomic mass is 9.62. The highest BCUT2D eigenvalue weighted by molar-refractivity contribution is 4.99. The molecule has 1 aliphatic carbocycles. The first-order valence-corrected chi connectivity index (χ1v) is 6.60. The summed E-state index contributed by atoms with van der Waals surface area (Å²) in [6, 6.07) is 0. The minimum absolute atomic E-state index is 0.110. The number of rotatable bonds is 4. The monoisotopic (exact) mass is 227 g/mol. The van der Waals surface area contributed by atoms with Gasteiger partial charge < -0.3 is 15.6 Å². The van der Waals surface area contributed by atoms with Gasteiger partial charge in [-0.15, -0.1) is 0 Å². The zero-order chi connectivity index (χ0) is 11.6. The molecule has 0 aromatic carbocycles. The van der Waals surface area contributed by atoms with Gasteiger partial charge in [0, 0.05) is 25.2 Å². The van der Waals surface area contributed by atoms with Crippen molar-refractivity contribution in [2.75, 3.05) is 19.8 Å². The second kappa shape index (κ2) is 4.63. The molecule has 3 N–H and O–H groups in total. The van der Waals surface area contributed by atoms with Crippen LogP contribution in [0.2, 0.25) is 0 Å². The molecule has 1 unspecified atom stereocenters. The topological polar surface area (TPSA) is 55.5 Å². The second-order valence-electron chi connectivity index (χ2n) is 5.87. The molecule has 2 fully saturated rings. The Morgan fingerprint density at radius 2 is 2.00 bits per heavy atom. The van der Waals surface area contributed by atoms with Crippen LogP contribution in [0.5, 0.6) is 0 Å². The molecule has 2 aliphatic rings. The van der Waals surface area contributed by atoms with Crippen molar-refractivity contribution in [2.24, 2.45) is 17.1 Å². The van der Waals surface area contributed by atoms with Gasteiger partial charge in [0.1, 0.15) is 0 Å². The van der Waals surface area contributed by atoms with Gasteiger partial charge in [-0.25, -0.2) is 0 Å². The van der Waals surface area contributed by atoms with Gasteiger partial charge in [0.25, 0.3) is 0 Å². The van der Waals surface area contributed by atoms with Gasteiger partial charge in [-0.05, 0) is 32.1 Å². The Morgan fingerprint density at radius 3 is 2.44 bits per heavy atom. The van der Waals surface area contributed by atoms with E-state index in [9.17, 15) is 5.11 Å². The van der Waals surface area contributed by atoms with Gasteiger partial charge >= 0.3 is 0 Å². The first-order chi connectivity index (χ1) is 7.60. The Labute approximate surface area is 98.4 Å². The maximum absolute atomic E-state index is 10.8. The summed E-state index contributed by atoms with van der Waals surface area (Å²) in [5.74, 6) is 0.723. The Kier molecular flexibility index (Phi) is 3.57. The van der Waals surface area contributed by atoms with Crippen LogP contribution in [0.1, 0.15) is 45.4 Å². The SMILES string of the molecule is CC(O)(CC1CCC1)C1(CN)CCOCC1. The summed E-state index contributed by atoms with van der Waals surface area (Å²) in [6.07, 6.45) is 6.64. The Balaban J connectivity index is 2.04. The second-order valence-corrected chi connectivity index (χ2v) is 5.87. The smallest absolute Gasteiger partial charge is 0.0692 e. The molecule has 1 atom stereocenters. The van der Waals surface area contributed by atoms with Crippen LogP contribution in [0.4, 0.5) is 0 Å². The molecule has 0 bridgehead atoms. The summed E-state index contributed by atoms with van der Waals surface area (Å²) < 4.78 is 5.40. The maximum Gasteiger partial charge on any atom is 0.0692 e. The fourth-order valence-corrected chi connectivity index (χ4v) is 3.20. The predicted molar refractivity (Wildman–Crippen MR) is 64.1 cm³/mol. The van der Waals surface area contributed by atoms with E-state index < -0.39 is 5.60 Å². The number of ether oxygens (including phenoxy) is 1. The Morgan fingerprint density at radius 1 is 1.38 bits per heavy atom. The normalized spacial score (nSPS) is 29.4. The third kappa shape index (κ3) is 2.13. The van der Waals surface area contributed by atoms with Crippen LogP contribution in [-0.4, -0.2) is 30.5 Å². The molecule has 3 heteroatoms. The average Bonchev–Trinajstić information content (AvgIpc) is 2.24. The quantitative estimate of drug-likeness (QED) is 0.768. The summed E-state index contributed by atoms with van der Waals surface area (Å²) >= 11 is 0. The van der Waals surface area contributed by atoms with Gasteiger partial charge in [-0.1, -0.05) is 19.3 Å². The van der Waals surface area contributed by atoms with Crippen molar-refractivity contribution in [1.82, 2.24) is 0 Å². The standard InChI is InChI=1S/C13H25NO2/c1-12(15,9-11-3-2-4-11)13(10-14)5-7-16-8-6-13/h11,15H,2-10,14H2,1H3. The lowest BCUT2D eigenvalue weighted by molar-refractivity contribution is -0.132. The molecule has 0 spiro atoms. The summed E-state index contributed by atoms with van der Waals surface area (Å²) in [6.45, 7) is 4.07. The lowest BCUT2D eigenvalue weighted by Crippen LogP contribution is -2.54. The van der Waals surface area contributed by atoms with Gasteiger partial charge in [-0.3, -0.25) is 0 Å². The van der Waals surface area contributed by atoms with Crippen molar-refractivity contribution in [3.8, 4) is 0 Å². The number of nitrogens with two attached hydrogens (primary N) is 1. The molecule has 1 saturated heterocycles.